The Bertz CT molecular complexity index is 1400. The van der Waals surface area contributed by atoms with Crippen LogP contribution in [0.1, 0.15) is 12.5 Å². The molecule has 10 heteroatoms. The number of benzene rings is 3. The zero-order chi connectivity index (χ0) is 23.8. The van der Waals surface area contributed by atoms with E-state index in [9.17, 15) is 21.6 Å². The second-order valence-corrected chi connectivity index (χ2v) is 11.3. The second kappa shape index (κ2) is 8.53. The Hall–Kier alpha value is -3.37. The van der Waals surface area contributed by atoms with E-state index in [4.69, 9.17) is 4.74 Å². The Balaban J connectivity index is 1.53. The van der Waals surface area contributed by atoms with Gasteiger partial charge in [0.15, 0.2) is 0 Å². The third kappa shape index (κ3) is 4.71. The molecule has 1 heterocycles. The number of hydrogen-bond acceptors (Lipinski definition) is 6. The predicted molar refractivity (Wildman–Crippen MR) is 125 cm³/mol. The van der Waals surface area contributed by atoms with Gasteiger partial charge < -0.3 is 4.74 Å². The van der Waals surface area contributed by atoms with Crippen molar-refractivity contribution in [1.29, 1.82) is 0 Å². The summed E-state index contributed by atoms with van der Waals surface area (Å²) in [5, 5.41) is 0. The van der Waals surface area contributed by atoms with Crippen molar-refractivity contribution in [1.82, 2.24) is 0 Å². The maximum Gasteiger partial charge on any atom is 0.262 e. The Morgan fingerprint density at radius 1 is 0.970 bits per heavy atom. The number of sulfonamides is 2. The molecular weight excluding hydrogens is 464 g/mol. The fraction of sp³-hybridized carbons (Fsp3) is 0.174. The molecule has 1 atom stereocenters. The number of carbonyl (C=O) groups excluding carboxylic acids is 1. The van der Waals surface area contributed by atoms with E-state index in [0.29, 0.717) is 22.7 Å². The molecule has 1 saturated heterocycles. The lowest BCUT2D eigenvalue weighted by Crippen LogP contribution is -2.30. The zero-order valence-electron chi connectivity index (χ0n) is 17.9. The number of amides is 1. The van der Waals surface area contributed by atoms with Crippen LogP contribution in [0.5, 0.6) is 11.5 Å². The number of hydrogen-bond donors (Lipinski definition) is 1. The number of nitrogens with one attached hydrogen (secondary N) is 1. The fourth-order valence-electron chi connectivity index (χ4n) is 3.57. The fourth-order valence-corrected chi connectivity index (χ4v) is 6.67. The molecule has 4 rings (SSSR count). The highest BCUT2D eigenvalue weighted by atomic mass is 32.2. The molecule has 1 fully saturated rings. The van der Waals surface area contributed by atoms with Gasteiger partial charge in [-0.2, -0.15) is 0 Å². The predicted octanol–water partition coefficient (Wildman–Crippen LogP) is 3.90. The van der Waals surface area contributed by atoms with Gasteiger partial charge in [-0.1, -0.05) is 25.1 Å². The molecule has 1 aliphatic rings. The first kappa shape index (κ1) is 22.8. The van der Waals surface area contributed by atoms with Crippen molar-refractivity contribution >= 4 is 37.3 Å². The molecule has 1 aliphatic heterocycles. The summed E-state index contributed by atoms with van der Waals surface area (Å²) >= 11 is 0. The van der Waals surface area contributed by atoms with Crippen molar-refractivity contribution in [2.24, 2.45) is 5.92 Å². The molecule has 0 aliphatic carbocycles. The lowest BCUT2D eigenvalue weighted by atomic mass is 10.2. The first-order valence-electron chi connectivity index (χ1n) is 10.1. The molecule has 3 aromatic carbocycles. The van der Waals surface area contributed by atoms with Gasteiger partial charge in [0, 0.05) is 5.69 Å². The average Bonchev–Trinajstić information content (AvgIpc) is 2.96. The minimum absolute atomic E-state index is 0.0204. The van der Waals surface area contributed by atoms with E-state index in [1.165, 1.54) is 18.2 Å². The number of carbonyl (C=O) groups is 1. The van der Waals surface area contributed by atoms with Crippen LogP contribution in [0.3, 0.4) is 0 Å². The SMILES string of the molecule is Cc1cc(N2C(=O)[C@H](C)CS2(=O)=O)ccc1S(=O)(=O)Nc1ccc(Oc2ccccc2)cc1. The third-order valence-electron chi connectivity index (χ3n) is 5.13. The van der Waals surface area contributed by atoms with Gasteiger partial charge >= 0.3 is 0 Å². The van der Waals surface area contributed by atoms with E-state index in [-0.39, 0.29) is 16.3 Å². The number of nitrogens with zero attached hydrogens (tertiary/aromatic N) is 1. The van der Waals surface area contributed by atoms with Crippen molar-refractivity contribution < 1.29 is 26.4 Å². The summed E-state index contributed by atoms with van der Waals surface area (Å²) in [4.78, 5) is 12.3. The summed E-state index contributed by atoms with van der Waals surface area (Å²) < 4.78 is 59.5. The van der Waals surface area contributed by atoms with Gasteiger partial charge in [-0.3, -0.25) is 9.52 Å². The zero-order valence-corrected chi connectivity index (χ0v) is 19.6. The van der Waals surface area contributed by atoms with Crippen molar-refractivity contribution in [3.05, 3.63) is 78.4 Å². The van der Waals surface area contributed by atoms with E-state index < -0.39 is 31.9 Å². The highest BCUT2D eigenvalue weighted by Crippen LogP contribution is 2.31. The summed E-state index contributed by atoms with van der Waals surface area (Å²) in [7, 11) is -7.72. The van der Waals surface area contributed by atoms with Gasteiger partial charge in [0.05, 0.1) is 22.3 Å². The second-order valence-electron chi connectivity index (χ2n) is 7.78. The van der Waals surface area contributed by atoms with Crippen LogP contribution in [0.2, 0.25) is 0 Å². The molecule has 0 saturated carbocycles. The Kier molecular flexibility index (Phi) is 5.89. The van der Waals surface area contributed by atoms with Crippen LogP contribution in [0.25, 0.3) is 0 Å². The van der Waals surface area contributed by atoms with Crippen LogP contribution in [0.4, 0.5) is 11.4 Å². The number of aryl methyl sites for hydroxylation is 1. The largest absolute Gasteiger partial charge is 0.457 e. The summed E-state index contributed by atoms with van der Waals surface area (Å²) in [6.07, 6.45) is 0. The van der Waals surface area contributed by atoms with Crippen LogP contribution in [0, 0.1) is 12.8 Å². The lowest BCUT2D eigenvalue weighted by Gasteiger charge is -2.17. The van der Waals surface area contributed by atoms with E-state index in [2.05, 4.69) is 4.72 Å². The minimum atomic E-state index is -3.95. The topological polar surface area (TPSA) is 110 Å². The summed E-state index contributed by atoms with van der Waals surface area (Å²) in [5.74, 6) is -0.226. The molecule has 8 nitrogen and oxygen atoms in total. The average molecular weight is 487 g/mol. The minimum Gasteiger partial charge on any atom is -0.457 e. The molecule has 1 N–H and O–H groups in total. The Morgan fingerprint density at radius 3 is 2.18 bits per heavy atom. The molecular formula is C23H22N2O6S2. The molecule has 0 bridgehead atoms. The van der Waals surface area contributed by atoms with Crippen LogP contribution in [0.15, 0.2) is 77.7 Å². The van der Waals surface area contributed by atoms with E-state index in [1.807, 2.05) is 30.3 Å². The summed E-state index contributed by atoms with van der Waals surface area (Å²) in [6.45, 7) is 3.09. The monoisotopic (exact) mass is 486 g/mol. The highest BCUT2D eigenvalue weighted by Gasteiger charge is 2.42. The van der Waals surface area contributed by atoms with Crippen molar-refractivity contribution in [2.45, 2.75) is 18.7 Å². The van der Waals surface area contributed by atoms with Gasteiger partial charge in [0.2, 0.25) is 15.9 Å². The number of anilines is 2. The maximum atomic E-state index is 12.9. The number of rotatable bonds is 6. The normalized spacial score (nSPS) is 17.7. The van der Waals surface area contributed by atoms with Gasteiger partial charge in [0.25, 0.3) is 10.0 Å². The van der Waals surface area contributed by atoms with E-state index >= 15 is 0 Å². The quantitative estimate of drug-likeness (QED) is 0.566. The molecule has 0 unspecified atom stereocenters. The third-order valence-corrected chi connectivity index (χ3v) is 8.54. The molecule has 0 radical (unpaired) electrons. The molecule has 3 aromatic rings. The molecule has 33 heavy (non-hydrogen) atoms. The molecule has 0 spiro atoms. The summed E-state index contributed by atoms with van der Waals surface area (Å²) in [5.41, 5.74) is 0.778. The number of ether oxygens (including phenoxy) is 1. The molecule has 0 aromatic heterocycles. The van der Waals surface area contributed by atoms with E-state index in [0.717, 1.165) is 4.31 Å². The van der Waals surface area contributed by atoms with Gasteiger partial charge in [0.1, 0.15) is 11.5 Å². The first-order valence-corrected chi connectivity index (χ1v) is 13.2. The lowest BCUT2D eigenvalue weighted by molar-refractivity contribution is -0.119. The number of para-hydroxylation sites is 1. The van der Waals surface area contributed by atoms with Crippen LogP contribution >= 0.6 is 0 Å². The van der Waals surface area contributed by atoms with E-state index in [1.54, 1.807) is 38.1 Å². The smallest absolute Gasteiger partial charge is 0.262 e. The highest BCUT2D eigenvalue weighted by molar-refractivity contribution is 7.94. The summed E-state index contributed by atoms with van der Waals surface area (Å²) in [6, 6.07) is 19.7. The van der Waals surface area contributed by atoms with Gasteiger partial charge in [-0.25, -0.2) is 21.1 Å². The Labute approximate surface area is 192 Å². The van der Waals surface area contributed by atoms with Crippen LogP contribution < -0.4 is 13.8 Å². The molecule has 172 valence electrons. The maximum absolute atomic E-state index is 12.9. The van der Waals surface area contributed by atoms with Gasteiger partial charge in [-0.05, 0) is 67.1 Å². The van der Waals surface area contributed by atoms with Gasteiger partial charge in [-0.15, -0.1) is 0 Å². The molecule has 1 amide bonds. The van der Waals surface area contributed by atoms with Crippen LogP contribution in [-0.2, 0) is 24.8 Å². The van der Waals surface area contributed by atoms with Crippen LogP contribution in [-0.4, -0.2) is 28.5 Å². The van der Waals surface area contributed by atoms with Crippen molar-refractivity contribution in [3.63, 3.8) is 0 Å². The first-order chi connectivity index (χ1) is 15.6. The standard InChI is InChI=1S/C23H22N2O6S2/c1-16-14-19(25-23(26)17(2)15-32(25,27)28)10-13-22(16)33(29,30)24-18-8-11-21(12-9-18)31-20-6-4-3-5-7-20/h3-14,17,24H,15H2,1-2H3/t17-/m1/s1. The van der Waals surface area contributed by atoms with Crippen molar-refractivity contribution in [2.75, 3.05) is 14.8 Å². The Morgan fingerprint density at radius 2 is 1.61 bits per heavy atom. The van der Waals surface area contributed by atoms with Crippen molar-refractivity contribution in [3.8, 4) is 11.5 Å².